The molecule has 0 aliphatic rings. The number of pyridine rings is 1. The number of aromatic amines is 1. The number of carbonyl (C=O) groups is 1. The van der Waals surface area contributed by atoms with E-state index in [4.69, 9.17) is 0 Å². The number of carbonyl (C=O) groups excluding carboxylic acids is 1. The molecule has 0 aliphatic carbocycles. The first kappa shape index (κ1) is 12.1. The zero-order valence-corrected chi connectivity index (χ0v) is 10.5. The number of aromatic nitrogens is 4. The summed E-state index contributed by atoms with van der Waals surface area (Å²) < 4.78 is 0. The van der Waals surface area contributed by atoms with Crippen molar-refractivity contribution >= 4 is 23.0 Å². The molecule has 0 unspecified atom stereocenters. The molecule has 0 spiro atoms. The van der Waals surface area contributed by atoms with Gasteiger partial charge in [-0.2, -0.15) is 0 Å². The summed E-state index contributed by atoms with van der Waals surface area (Å²) in [7, 11) is 0. The van der Waals surface area contributed by atoms with Crippen molar-refractivity contribution in [2.45, 2.75) is 6.54 Å². The Labute approximate surface area is 114 Å². The molecule has 0 fully saturated rings. The molecule has 0 radical (unpaired) electrons. The van der Waals surface area contributed by atoms with Crippen molar-refractivity contribution in [3.63, 3.8) is 0 Å². The lowest BCUT2D eigenvalue weighted by atomic mass is 10.3. The number of fused-ring (bicyclic) bond motifs is 1. The third-order valence-corrected chi connectivity index (χ3v) is 2.68. The average Bonchev–Trinajstić information content (AvgIpc) is 2.94. The number of anilines is 1. The summed E-state index contributed by atoms with van der Waals surface area (Å²) in [6.07, 6.45) is 6.64. The van der Waals surface area contributed by atoms with E-state index in [0.29, 0.717) is 23.5 Å². The highest BCUT2D eigenvalue weighted by Gasteiger charge is 2.05. The number of hydrogen-bond donors (Lipinski definition) is 3. The fourth-order valence-corrected chi connectivity index (χ4v) is 1.74. The third-order valence-electron chi connectivity index (χ3n) is 2.68. The minimum Gasteiger partial charge on any atom is -0.345 e. The summed E-state index contributed by atoms with van der Waals surface area (Å²) in [5.41, 5.74) is 2.32. The van der Waals surface area contributed by atoms with Crippen LogP contribution in [0.4, 0.5) is 10.6 Å². The molecule has 3 rings (SSSR count). The van der Waals surface area contributed by atoms with Crippen molar-refractivity contribution in [1.82, 2.24) is 25.3 Å². The summed E-state index contributed by atoms with van der Waals surface area (Å²) in [6, 6.07) is 5.17. The Hall–Kier alpha value is -2.96. The van der Waals surface area contributed by atoms with Gasteiger partial charge in [0.1, 0.15) is 5.52 Å². The van der Waals surface area contributed by atoms with Crippen molar-refractivity contribution in [2.75, 3.05) is 5.32 Å². The number of rotatable bonds is 3. The van der Waals surface area contributed by atoms with Crippen LogP contribution in [0.5, 0.6) is 0 Å². The monoisotopic (exact) mass is 268 g/mol. The van der Waals surface area contributed by atoms with E-state index in [1.165, 1.54) is 6.20 Å². The van der Waals surface area contributed by atoms with Gasteiger partial charge in [-0.15, -0.1) is 0 Å². The fourth-order valence-electron chi connectivity index (χ4n) is 1.74. The van der Waals surface area contributed by atoms with Crippen LogP contribution in [0, 0.1) is 0 Å². The average molecular weight is 268 g/mol. The van der Waals surface area contributed by atoms with Crippen molar-refractivity contribution in [3.05, 3.63) is 48.5 Å². The second-order valence-corrected chi connectivity index (χ2v) is 4.14. The molecular formula is C13H12N6O. The van der Waals surface area contributed by atoms with Crippen molar-refractivity contribution < 1.29 is 4.79 Å². The Balaban J connectivity index is 1.61. The van der Waals surface area contributed by atoms with Gasteiger partial charge in [-0.3, -0.25) is 10.3 Å². The normalized spacial score (nSPS) is 10.4. The molecule has 3 aromatic heterocycles. The maximum atomic E-state index is 11.7. The molecule has 0 aliphatic heterocycles. The highest BCUT2D eigenvalue weighted by molar-refractivity contribution is 5.89. The molecule has 2 amide bonds. The first-order valence-electron chi connectivity index (χ1n) is 6.05. The van der Waals surface area contributed by atoms with Crippen LogP contribution in [0.3, 0.4) is 0 Å². The second kappa shape index (κ2) is 5.35. The SMILES string of the molecule is O=C(NCc1cccnc1)Nc1cnc2[nH]ccc2n1. The van der Waals surface area contributed by atoms with Crippen LogP contribution in [0.2, 0.25) is 0 Å². The predicted molar refractivity (Wildman–Crippen MR) is 74.0 cm³/mol. The van der Waals surface area contributed by atoms with Gasteiger partial charge in [0.2, 0.25) is 0 Å². The zero-order chi connectivity index (χ0) is 13.8. The standard InChI is InChI=1S/C13H12N6O/c20-13(17-7-9-2-1-4-14-6-9)19-11-8-16-12-10(18-11)3-5-15-12/h1-6,8H,7H2,(H,15,16)(H2,17,18,19,20). The molecule has 0 aromatic carbocycles. The van der Waals surface area contributed by atoms with E-state index in [9.17, 15) is 4.79 Å². The van der Waals surface area contributed by atoms with Crippen LogP contribution >= 0.6 is 0 Å². The number of nitrogens with one attached hydrogen (secondary N) is 3. The van der Waals surface area contributed by atoms with Gasteiger partial charge in [0, 0.05) is 25.1 Å². The van der Waals surface area contributed by atoms with E-state index in [-0.39, 0.29) is 6.03 Å². The minimum absolute atomic E-state index is 0.335. The lowest BCUT2D eigenvalue weighted by Gasteiger charge is -2.06. The van der Waals surface area contributed by atoms with E-state index >= 15 is 0 Å². The molecule has 7 heteroatoms. The molecule has 0 bridgehead atoms. The number of H-pyrrole nitrogens is 1. The number of hydrogen-bond acceptors (Lipinski definition) is 4. The van der Waals surface area contributed by atoms with E-state index < -0.39 is 0 Å². The van der Waals surface area contributed by atoms with Gasteiger partial charge in [-0.25, -0.2) is 14.8 Å². The molecule has 3 N–H and O–H groups in total. The first-order valence-corrected chi connectivity index (χ1v) is 6.05. The van der Waals surface area contributed by atoms with Gasteiger partial charge in [0.15, 0.2) is 11.5 Å². The van der Waals surface area contributed by atoms with Gasteiger partial charge in [0.05, 0.1) is 6.20 Å². The molecule has 0 atom stereocenters. The summed E-state index contributed by atoms with van der Waals surface area (Å²) in [4.78, 5) is 27.1. The van der Waals surface area contributed by atoms with E-state index in [0.717, 1.165) is 5.56 Å². The summed E-state index contributed by atoms with van der Waals surface area (Å²) >= 11 is 0. The molecule has 100 valence electrons. The maximum absolute atomic E-state index is 11.7. The van der Waals surface area contributed by atoms with Gasteiger partial charge in [-0.1, -0.05) is 6.07 Å². The van der Waals surface area contributed by atoms with Crippen LogP contribution < -0.4 is 10.6 Å². The smallest absolute Gasteiger partial charge is 0.320 e. The number of nitrogens with zero attached hydrogens (tertiary/aromatic N) is 3. The van der Waals surface area contributed by atoms with Gasteiger partial charge in [0.25, 0.3) is 0 Å². The number of urea groups is 1. The Morgan fingerprint density at radius 2 is 2.25 bits per heavy atom. The highest BCUT2D eigenvalue weighted by atomic mass is 16.2. The van der Waals surface area contributed by atoms with Crippen molar-refractivity contribution in [2.24, 2.45) is 0 Å². The molecule has 0 saturated heterocycles. The van der Waals surface area contributed by atoms with Gasteiger partial charge in [-0.05, 0) is 17.7 Å². The van der Waals surface area contributed by atoms with E-state index in [1.54, 1.807) is 24.7 Å². The first-order chi connectivity index (χ1) is 9.81. The lowest BCUT2D eigenvalue weighted by molar-refractivity contribution is 0.251. The lowest BCUT2D eigenvalue weighted by Crippen LogP contribution is -2.28. The van der Waals surface area contributed by atoms with Crippen molar-refractivity contribution in [1.29, 1.82) is 0 Å². The summed E-state index contributed by atoms with van der Waals surface area (Å²) in [5, 5.41) is 5.36. The molecule has 0 saturated carbocycles. The third kappa shape index (κ3) is 2.72. The Kier molecular flexibility index (Phi) is 3.24. The Bertz CT molecular complexity index is 724. The molecule has 20 heavy (non-hydrogen) atoms. The topological polar surface area (TPSA) is 95.6 Å². The van der Waals surface area contributed by atoms with E-state index in [2.05, 4.69) is 30.6 Å². The second-order valence-electron chi connectivity index (χ2n) is 4.14. The molecule has 7 nitrogen and oxygen atoms in total. The van der Waals surface area contributed by atoms with Gasteiger partial charge >= 0.3 is 6.03 Å². The number of amides is 2. The minimum atomic E-state index is -0.335. The molecule has 3 heterocycles. The highest BCUT2D eigenvalue weighted by Crippen LogP contribution is 2.09. The zero-order valence-electron chi connectivity index (χ0n) is 10.5. The van der Waals surface area contributed by atoms with Crippen LogP contribution in [-0.2, 0) is 6.54 Å². The maximum Gasteiger partial charge on any atom is 0.320 e. The van der Waals surface area contributed by atoms with Crippen LogP contribution in [0.15, 0.2) is 43.0 Å². The Morgan fingerprint density at radius 3 is 3.10 bits per heavy atom. The molecular weight excluding hydrogens is 256 g/mol. The van der Waals surface area contributed by atoms with Crippen LogP contribution in [0.25, 0.3) is 11.2 Å². The molecule has 3 aromatic rings. The largest absolute Gasteiger partial charge is 0.345 e. The van der Waals surface area contributed by atoms with Crippen LogP contribution in [-0.4, -0.2) is 26.0 Å². The van der Waals surface area contributed by atoms with E-state index in [1.807, 2.05) is 12.1 Å². The predicted octanol–water partition coefficient (Wildman–Crippen LogP) is 1.67. The summed E-state index contributed by atoms with van der Waals surface area (Å²) in [5.74, 6) is 0.404. The van der Waals surface area contributed by atoms with Crippen LogP contribution in [0.1, 0.15) is 5.56 Å². The van der Waals surface area contributed by atoms with Crippen molar-refractivity contribution in [3.8, 4) is 0 Å². The Morgan fingerprint density at radius 1 is 1.30 bits per heavy atom. The quantitative estimate of drug-likeness (QED) is 0.673. The fraction of sp³-hybridized carbons (Fsp3) is 0.0769. The van der Waals surface area contributed by atoms with Gasteiger partial charge < -0.3 is 10.3 Å². The summed E-state index contributed by atoms with van der Waals surface area (Å²) in [6.45, 7) is 0.402.